The SMILES string of the molecule is Cc1cc(C2(c3ccc(OC#N)c(C)c3)C=CC=C(CN)C2c2ccccc2)ccc1OC#N. The first kappa shape index (κ1) is 22.9. The summed E-state index contributed by atoms with van der Waals surface area (Å²) >= 11 is 0. The van der Waals surface area contributed by atoms with E-state index in [2.05, 4.69) is 42.5 Å². The summed E-state index contributed by atoms with van der Waals surface area (Å²) in [6.07, 6.45) is 9.89. The van der Waals surface area contributed by atoms with E-state index in [-0.39, 0.29) is 5.92 Å². The number of aryl methyl sites for hydroxylation is 2. The van der Waals surface area contributed by atoms with Crippen LogP contribution in [0.1, 0.15) is 33.7 Å². The van der Waals surface area contributed by atoms with E-state index in [0.29, 0.717) is 18.0 Å². The quantitative estimate of drug-likeness (QED) is 0.500. The van der Waals surface area contributed by atoms with Gasteiger partial charge in [0.1, 0.15) is 11.5 Å². The van der Waals surface area contributed by atoms with Gasteiger partial charge in [0.2, 0.25) is 0 Å². The third-order valence-corrected chi connectivity index (χ3v) is 6.48. The molecule has 34 heavy (non-hydrogen) atoms. The van der Waals surface area contributed by atoms with Gasteiger partial charge in [0.05, 0.1) is 0 Å². The molecule has 0 heterocycles. The van der Waals surface area contributed by atoms with E-state index in [1.165, 1.54) is 0 Å². The second-order valence-electron chi connectivity index (χ2n) is 8.36. The number of allylic oxidation sites excluding steroid dienone is 3. The molecule has 5 heteroatoms. The van der Waals surface area contributed by atoms with Crippen LogP contribution in [0.4, 0.5) is 0 Å². The fourth-order valence-electron chi connectivity index (χ4n) is 4.95. The highest BCUT2D eigenvalue weighted by Crippen LogP contribution is 2.52. The third kappa shape index (κ3) is 3.94. The number of nitrogens with two attached hydrogens (primary N) is 1. The molecule has 0 amide bonds. The Morgan fingerprint density at radius 3 is 1.88 bits per heavy atom. The van der Waals surface area contributed by atoms with Gasteiger partial charge in [-0.1, -0.05) is 72.8 Å². The van der Waals surface area contributed by atoms with Crippen molar-refractivity contribution in [3.05, 3.63) is 118 Å². The smallest absolute Gasteiger partial charge is 0.292 e. The Bertz CT molecular complexity index is 1280. The molecule has 1 atom stereocenters. The Morgan fingerprint density at radius 1 is 0.853 bits per heavy atom. The lowest BCUT2D eigenvalue weighted by atomic mass is 9.59. The van der Waals surface area contributed by atoms with E-state index < -0.39 is 5.41 Å². The minimum atomic E-state index is -0.587. The normalized spacial score (nSPS) is 16.1. The van der Waals surface area contributed by atoms with Crippen LogP contribution in [0.2, 0.25) is 0 Å². The van der Waals surface area contributed by atoms with Crippen molar-refractivity contribution in [3.63, 3.8) is 0 Å². The van der Waals surface area contributed by atoms with Gasteiger partial charge in [-0.3, -0.25) is 0 Å². The zero-order chi connectivity index (χ0) is 24.1. The zero-order valence-electron chi connectivity index (χ0n) is 19.2. The Morgan fingerprint density at radius 2 is 1.41 bits per heavy atom. The molecule has 0 fully saturated rings. The second kappa shape index (κ2) is 9.67. The molecule has 3 aromatic rings. The lowest BCUT2D eigenvalue weighted by Crippen LogP contribution is -2.37. The Labute approximate surface area is 200 Å². The van der Waals surface area contributed by atoms with E-state index in [0.717, 1.165) is 33.4 Å². The Balaban J connectivity index is 2.03. The van der Waals surface area contributed by atoms with Crippen LogP contribution in [0.5, 0.6) is 11.5 Å². The van der Waals surface area contributed by atoms with Crippen LogP contribution in [0.3, 0.4) is 0 Å². The molecule has 2 N–H and O–H groups in total. The van der Waals surface area contributed by atoms with Crippen LogP contribution in [0.25, 0.3) is 0 Å². The molecule has 4 rings (SSSR count). The first-order valence-electron chi connectivity index (χ1n) is 11.0. The van der Waals surface area contributed by atoms with Gasteiger partial charge >= 0.3 is 0 Å². The highest BCUT2D eigenvalue weighted by atomic mass is 16.5. The number of nitriles is 2. The second-order valence-corrected chi connectivity index (χ2v) is 8.36. The molecule has 0 aromatic heterocycles. The fourth-order valence-corrected chi connectivity index (χ4v) is 4.95. The van der Waals surface area contributed by atoms with Crippen LogP contribution >= 0.6 is 0 Å². The first-order chi connectivity index (χ1) is 16.5. The molecular weight excluding hydrogens is 422 g/mol. The predicted molar refractivity (Wildman–Crippen MR) is 131 cm³/mol. The summed E-state index contributed by atoms with van der Waals surface area (Å²) in [5.41, 5.74) is 11.8. The molecule has 0 bridgehead atoms. The van der Waals surface area contributed by atoms with E-state index in [1.807, 2.05) is 56.3 Å². The van der Waals surface area contributed by atoms with Crippen molar-refractivity contribution in [2.45, 2.75) is 25.2 Å². The van der Waals surface area contributed by atoms with Gasteiger partial charge in [-0.2, -0.15) is 0 Å². The van der Waals surface area contributed by atoms with Gasteiger partial charge in [-0.15, -0.1) is 10.5 Å². The van der Waals surface area contributed by atoms with Gasteiger partial charge in [0.15, 0.2) is 0 Å². The summed E-state index contributed by atoms with van der Waals surface area (Å²) in [6, 6.07) is 22.2. The van der Waals surface area contributed by atoms with Crippen molar-refractivity contribution in [3.8, 4) is 24.0 Å². The molecule has 0 saturated heterocycles. The maximum Gasteiger partial charge on any atom is 0.292 e. The molecule has 1 aliphatic carbocycles. The van der Waals surface area contributed by atoms with E-state index in [9.17, 15) is 0 Å². The van der Waals surface area contributed by atoms with Crippen LogP contribution in [-0.4, -0.2) is 6.54 Å². The van der Waals surface area contributed by atoms with Crippen molar-refractivity contribution in [1.82, 2.24) is 0 Å². The molecule has 5 nitrogen and oxygen atoms in total. The Hall–Kier alpha value is -4.32. The minimum Gasteiger partial charge on any atom is -0.388 e. The fraction of sp³-hybridized carbons (Fsp3) is 0.172. The van der Waals surface area contributed by atoms with Crippen molar-refractivity contribution < 1.29 is 9.47 Å². The van der Waals surface area contributed by atoms with Crippen LogP contribution in [0.15, 0.2) is 90.5 Å². The van der Waals surface area contributed by atoms with Crippen molar-refractivity contribution in [2.75, 3.05) is 6.54 Å². The van der Waals surface area contributed by atoms with Gasteiger partial charge in [-0.25, -0.2) is 0 Å². The summed E-state index contributed by atoms with van der Waals surface area (Å²) in [5.74, 6) is 0.995. The van der Waals surface area contributed by atoms with Crippen molar-refractivity contribution in [1.29, 1.82) is 10.5 Å². The standard InChI is InChI=1S/C29H25N3O2/c1-20-15-24(10-12-26(20)33-18-31)29(25-11-13-27(34-19-32)21(2)16-25)14-6-9-23(17-30)28(29)22-7-4-3-5-8-22/h3-16,28H,17,30H2,1-2H3. The molecule has 0 aliphatic heterocycles. The number of benzene rings is 3. The number of ether oxygens (including phenoxy) is 2. The van der Waals surface area contributed by atoms with Crippen molar-refractivity contribution in [2.24, 2.45) is 5.73 Å². The minimum absolute atomic E-state index is 0.0621. The number of rotatable bonds is 6. The van der Waals surface area contributed by atoms with Gasteiger partial charge < -0.3 is 15.2 Å². The molecule has 168 valence electrons. The number of nitrogens with zero attached hydrogens (tertiary/aromatic N) is 2. The summed E-state index contributed by atoms with van der Waals surface area (Å²) in [6.45, 7) is 4.28. The van der Waals surface area contributed by atoms with Crippen molar-refractivity contribution >= 4 is 0 Å². The Kier molecular flexibility index (Phi) is 6.50. The average molecular weight is 448 g/mol. The first-order valence-corrected chi connectivity index (χ1v) is 11.0. The lowest BCUT2D eigenvalue weighted by molar-refractivity contribution is 0.496. The third-order valence-electron chi connectivity index (χ3n) is 6.48. The molecule has 0 radical (unpaired) electrons. The van der Waals surface area contributed by atoms with Crippen LogP contribution < -0.4 is 15.2 Å². The van der Waals surface area contributed by atoms with Crippen LogP contribution in [-0.2, 0) is 5.41 Å². The maximum atomic E-state index is 9.01. The average Bonchev–Trinajstić information content (AvgIpc) is 2.86. The highest BCUT2D eigenvalue weighted by molar-refractivity contribution is 5.59. The van der Waals surface area contributed by atoms with E-state index >= 15 is 0 Å². The van der Waals surface area contributed by atoms with Crippen LogP contribution in [0, 0.1) is 36.9 Å². The topological polar surface area (TPSA) is 92.1 Å². The van der Waals surface area contributed by atoms with E-state index in [4.69, 9.17) is 25.7 Å². The summed E-state index contributed by atoms with van der Waals surface area (Å²) in [7, 11) is 0. The number of hydrogen-bond donors (Lipinski definition) is 1. The molecular formula is C29H25N3O2. The summed E-state index contributed by atoms with van der Waals surface area (Å²) in [5, 5.41) is 18.0. The van der Waals surface area contributed by atoms with E-state index in [1.54, 1.807) is 12.5 Å². The highest BCUT2D eigenvalue weighted by Gasteiger charge is 2.44. The molecule has 1 aliphatic rings. The lowest BCUT2D eigenvalue weighted by Gasteiger charge is -2.43. The molecule has 1 unspecified atom stereocenters. The van der Waals surface area contributed by atoms with Gasteiger partial charge in [0, 0.05) is 17.9 Å². The monoisotopic (exact) mass is 447 g/mol. The maximum absolute atomic E-state index is 9.01. The molecule has 0 spiro atoms. The van der Waals surface area contributed by atoms with Gasteiger partial charge in [0.25, 0.3) is 12.5 Å². The molecule has 3 aromatic carbocycles. The number of hydrogen-bond acceptors (Lipinski definition) is 5. The predicted octanol–water partition coefficient (Wildman–Crippen LogP) is 5.55. The largest absolute Gasteiger partial charge is 0.388 e. The van der Waals surface area contributed by atoms with Gasteiger partial charge in [-0.05, 0) is 59.4 Å². The summed E-state index contributed by atoms with van der Waals surface area (Å²) in [4.78, 5) is 0. The molecule has 0 saturated carbocycles. The summed E-state index contributed by atoms with van der Waals surface area (Å²) < 4.78 is 10.3. The zero-order valence-corrected chi connectivity index (χ0v) is 19.2.